The number of rotatable bonds is 4. The highest BCUT2D eigenvalue weighted by atomic mass is 35.5. The van der Waals surface area contributed by atoms with Gasteiger partial charge in [0.2, 0.25) is 0 Å². The van der Waals surface area contributed by atoms with Crippen LogP contribution in [-0.4, -0.2) is 11.5 Å². The first-order valence-corrected chi connectivity index (χ1v) is 7.18. The molecule has 2 nitrogen and oxygen atoms in total. The quantitative estimate of drug-likeness (QED) is 0.853. The number of hydrogen-bond acceptors (Lipinski definition) is 1. The third-order valence-corrected chi connectivity index (χ3v) is 4.36. The highest BCUT2D eigenvalue weighted by Gasteiger charge is 2.15. The van der Waals surface area contributed by atoms with Crippen molar-refractivity contribution in [2.45, 2.75) is 32.2 Å². The van der Waals surface area contributed by atoms with Crippen LogP contribution in [0.1, 0.15) is 31.4 Å². The predicted octanol–water partition coefficient (Wildman–Crippen LogP) is 4.10. The van der Waals surface area contributed by atoms with Crippen molar-refractivity contribution in [3.63, 3.8) is 0 Å². The standard InChI is InChI=1S/C15H19ClN2/c16-15-12-7-3-4-8-13(12)18-14(15)10-17-9-11-5-1-2-6-11/h3-4,7-8,11,17-18H,1-2,5-6,9-10H2. The lowest BCUT2D eigenvalue weighted by Crippen LogP contribution is -2.21. The highest BCUT2D eigenvalue weighted by molar-refractivity contribution is 6.36. The van der Waals surface area contributed by atoms with E-state index in [1.165, 1.54) is 25.7 Å². The molecule has 0 amide bonds. The van der Waals surface area contributed by atoms with Gasteiger partial charge in [0.15, 0.2) is 0 Å². The van der Waals surface area contributed by atoms with Gasteiger partial charge in [-0.15, -0.1) is 0 Å². The van der Waals surface area contributed by atoms with Crippen LogP contribution in [0.15, 0.2) is 24.3 Å². The van der Waals surface area contributed by atoms with E-state index in [1.54, 1.807) is 0 Å². The van der Waals surface area contributed by atoms with Crippen molar-refractivity contribution >= 4 is 22.5 Å². The third kappa shape index (κ3) is 2.40. The first-order valence-electron chi connectivity index (χ1n) is 6.80. The van der Waals surface area contributed by atoms with Crippen molar-refractivity contribution < 1.29 is 0 Å². The maximum Gasteiger partial charge on any atom is 0.0705 e. The lowest BCUT2D eigenvalue weighted by molar-refractivity contribution is 0.487. The molecule has 0 radical (unpaired) electrons. The largest absolute Gasteiger partial charge is 0.356 e. The topological polar surface area (TPSA) is 27.8 Å². The summed E-state index contributed by atoms with van der Waals surface area (Å²) in [6, 6.07) is 8.19. The number of H-pyrrole nitrogens is 1. The normalized spacial score (nSPS) is 16.7. The van der Waals surface area contributed by atoms with Crippen LogP contribution in [0.25, 0.3) is 10.9 Å². The molecule has 1 aliphatic carbocycles. The number of aromatic nitrogens is 1. The van der Waals surface area contributed by atoms with Gasteiger partial charge in [0.05, 0.1) is 5.02 Å². The summed E-state index contributed by atoms with van der Waals surface area (Å²) in [5, 5.41) is 5.52. The first-order chi connectivity index (χ1) is 8.84. The number of aromatic amines is 1. The lowest BCUT2D eigenvalue weighted by atomic mass is 10.1. The second kappa shape index (κ2) is 5.33. The zero-order chi connectivity index (χ0) is 12.4. The van der Waals surface area contributed by atoms with Gasteiger partial charge in [0.1, 0.15) is 0 Å². The minimum Gasteiger partial charge on any atom is -0.356 e. The van der Waals surface area contributed by atoms with Crippen LogP contribution < -0.4 is 5.32 Å². The molecule has 0 atom stereocenters. The molecule has 1 aromatic carbocycles. The zero-order valence-corrected chi connectivity index (χ0v) is 11.3. The van der Waals surface area contributed by atoms with E-state index in [4.69, 9.17) is 11.6 Å². The van der Waals surface area contributed by atoms with E-state index in [2.05, 4.69) is 22.4 Å². The Morgan fingerprint density at radius 1 is 1.22 bits per heavy atom. The van der Waals surface area contributed by atoms with E-state index < -0.39 is 0 Å². The number of halogens is 1. The van der Waals surface area contributed by atoms with Crippen molar-refractivity contribution in [3.8, 4) is 0 Å². The Bertz CT molecular complexity index is 526. The van der Waals surface area contributed by atoms with Crippen LogP contribution >= 0.6 is 11.6 Å². The molecule has 0 aliphatic heterocycles. The van der Waals surface area contributed by atoms with E-state index >= 15 is 0 Å². The molecule has 0 spiro atoms. The zero-order valence-electron chi connectivity index (χ0n) is 10.5. The van der Waals surface area contributed by atoms with Gasteiger partial charge in [-0.1, -0.05) is 42.6 Å². The Morgan fingerprint density at radius 3 is 2.78 bits per heavy atom. The number of para-hydroxylation sites is 1. The molecule has 1 aliphatic rings. The molecule has 3 heteroatoms. The van der Waals surface area contributed by atoms with Gasteiger partial charge in [0.25, 0.3) is 0 Å². The van der Waals surface area contributed by atoms with Gasteiger partial charge in [-0.3, -0.25) is 0 Å². The predicted molar refractivity (Wildman–Crippen MR) is 77.0 cm³/mol. The number of nitrogens with one attached hydrogen (secondary N) is 2. The summed E-state index contributed by atoms with van der Waals surface area (Å²) in [7, 11) is 0. The van der Waals surface area contributed by atoms with Gasteiger partial charge in [-0.05, 0) is 31.4 Å². The van der Waals surface area contributed by atoms with Crippen LogP contribution in [-0.2, 0) is 6.54 Å². The van der Waals surface area contributed by atoms with Gasteiger partial charge < -0.3 is 10.3 Å². The molecule has 2 N–H and O–H groups in total. The number of benzene rings is 1. The summed E-state index contributed by atoms with van der Waals surface area (Å²) in [6.07, 6.45) is 5.57. The summed E-state index contributed by atoms with van der Waals surface area (Å²) >= 11 is 6.38. The molecule has 1 heterocycles. The van der Waals surface area contributed by atoms with Gasteiger partial charge in [-0.2, -0.15) is 0 Å². The molecule has 96 valence electrons. The summed E-state index contributed by atoms with van der Waals surface area (Å²) in [5.74, 6) is 0.869. The Morgan fingerprint density at radius 2 is 2.00 bits per heavy atom. The fourth-order valence-electron chi connectivity index (χ4n) is 2.90. The van der Waals surface area contributed by atoms with E-state index in [1.807, 2.05) is 12.1 Å². The molecule has 1 saturated carbocycles. The minimum absolute atomic E-state index is 0.837. The van der Waals surface area contributed by atoms with Crippen molar-refractivity contribution in [2.24, 2.45) is 5.92 Å². The number of fused-ring (bicyclic) bond motifs is 1. The monoisotopic (exact) mass is 262 g/mol. The Labute approximate surface area is 113 Å². The molecule has 0 bridgehead atoms. The third-order valence-electron chi connectivity index (χ3n) is 3.92. The second-order valence-corrected chi connectivity index (χ2v) is 5.62. The van der Waals surface area contributed by atoms with E-state index in [0.29, 0.717) is 0 Å². The molecule has 1 fully saturated rings. The lowest BCUT2D eigenvalue weighted by Gasteiger charge is -2.09. The Balaban J connectivity index is 1.65. The molecule has 18 heavy (non-hydrogen) atoms. The van der Waals surface area contributed by atoms with Crippen LogP contribution in [0.5, 0.6) is 0 Å². The highest BCUT2D eigenvalue weighted by Crippen LogP contribution is 2.27. The van der Waals surface area contributed by atoms with E-state index in [9.17, 15) is 0 Å². The molecule has 0 saturated heterocycles. The summed E-state index contributed by atoms with van der Waals surface area (Å²) < 4.78 is 0. The molecule has 3 rings (SSSR count). The molecule has 2 aromatic rings. The summed E-state index contributed by atoms with van der Waals surface area (Å²) in [4.78, 5) is 3.39. The SMILES string of the molecule is Clc1c(CNCC2CCCC2)[nH]c2ccccc12. The summed E-state index contributed by atoms with van der Waals surface area (Å²) in [6.45, 7) is 1.95. The van der Waals surface area contributed by atoms with Crippen LogP contribution in [0.2, 0.25) is 5.02 Å². The van der Waals surface area contributed by atoms with Crippen molar-refractivity contribution in [2.75, 3.05) is 6.54 Å². The van der Waals surface area contributed by atoms with Crippen LogP contribution in [0.3, 0.4) is 0 Å². The van der Waals surface area contributed by atoms with Crippen molar-refractivity contribution in [3.05, 3.63) is 35.0 Å². The van der Waals surface area contributed by atoms with E-state index in [-0.39, 0.29) is 0 Å². The first kappa shape index (κ1) is 12.1. The maximum atomic E-state index is 6.38. The smallest absolute Gasteiger partial charge is 0.0705 e. The molecule has 1 aromatic heterocycles. The number of hydrogen-bond donors (Lipinski definition) is 2. The van der Waals surface area contributed by atoms with Gasteiger partial charge in [-0.25, -0.2) is 0 Å². The Hall–Kier alpha value is -0.990. The van der Waals surface area contributed by atoms with Gasteiger partial charge in [0, 0.05) is 23.1 Å². The Kier molecular flexibility index (Phi) is 3.57. The average Bonchev–Trinajstić information content (AvgIpc) is 3.00. The van der Waals surface area contributed by atoms with Crippen LogP contribution in [0.4, 0.5) is 0 Å². The maximum absolute atomic E-state index is 6.38. The molecular formula is C15H19ClN2. The van der Waals surface area contributed by atoms with Gasteiger partial charge >= 0.3 is 0 Å². The fourth-order valence-corrected chi connectivity index (χ4v) is 3.18. The fraction of sp³-hybridized carbons (Fsp3) is 0.467. The molecule has 0 unspecified atom stereocenters. The summed E-state index contributed by atoms with van der Waals surface area (Å²) in [5.41, 5.74) is 2.23. The van der Waals surface area contributed by atoms with E-state index in [0.717, 1.165) is 40.6 Å². The second-order valence-electron chi connectivity index (χ2n) is 5.24. The van der Waals surface area contributed by atoms with Crippen molar-refractivity contribution in [1.29, 1.82) is 0 Å². The van der Waals surface area contributed by atoms with Crippen LogP contribution in [0, 0.1) is 5.92 Å². The molecular weight excluding hydrogens is 244 g/mol. The minimum atomic E-state index is 0.837. The average molecular weight is 263 g/mol. The van der Waals surface area contributed by atoms with Crippen molar-refractivity contribution in [1.82, 2.24) is 10.3 Å².